The molecule has 9 heteroatoms. The first-order chi connectivity index (χ1) is 11.2. The van der Waals surface area contributed by atoms with Crippen LogP contribution < -0.4 is 5.32 Å². The molecule has 0 spiro atoms. The third-order valence-electron chi connectivity index (χ3n) is 3.71. The maximum absolute atomic E-state index is 13.2. The van der Waals surface area contributed by atoms with Gasteiger partial charge in [0, 0.05) is 26.2 Å². The predicted molar refractivity (Wildman–Crippen MR) is 88.5 cm³/mol. The molecule has 1 aromatic heterocycles. The molecule has 132 valence electrons. The minimum absolute atomic E-state index is 0. The molecule has 0 bridgehead atoms. The van der Waals surface area contributed by atoms with Crippen LogP contribution in [0.3, 0.4) is 0 Å². The Labute approximate surface area is 145 Å². The number of anilines is 1. The van der Waals surface area contributed by atoms with Gasteiger partial charge in [-0.15, -0.1) is 17.5 Å². The number of ether oxygens (including phenoxy) is 1. The molecule has 3 rings (SSSR count). The molecular formula is C15H20ClF2N5O. The van der Waals surface area contributed by atoms with Crippen molar-refractivity contribution in [3.8, 4) is 0 Å². The molecule has 24 heavy (non-hydrogen) atoms. The summed E-state index contributed by atoms with van der Waals surface area (Å²) >= 11 is 0. The zero-order valence-corrected chi connectivity index (χ0v) is 13.9. The normalized spacial score (nSPS) is 15.1. The van der Waals surface area contributed by atoms with Gasteiger partial charge < -0.3 is 10.1 Å². The molecule has 0 atom stereocenters. The highest BCUT2D eigenvalue weighted by atomic mass is 35.5. The number of morpholine rings is 1. The Morgan fingerprint density at radius 3 is 2.71 bits per heavy atom. The lowest BCUT2D eigenvalue weighted by Crippen LogP contribution is -2.39. The summed E-state index contributed by atoms with van der Waals surface area (Å²) in [4.78, 5) is 2.32. The molecule has 1 aliphatic heterocycles. The van der Waals surface area contributed by atoms with Crippen LogP contribution in [0.5, 0.6) is 0 Å². The summed E-state index contributed by atoms with van der Waals surface area (Å²) in [7, 11) is 0. The first kappa shape index (κ1) is 18.6. The van der Waals surface area contributed by atoms with Crippen molar-refractivity contribution < 1.29 is 13.5 Å². The molecule has 1 fully saturated rings. The van der Waals surface area contributed by atoms with Gasteiger partial charge in [0.1, 0.15) is 0 Å². The molecule has 1 aliphatic rings. The summed E-state index contributed by atoms with van der Waals surface area (Å²) in [5, 5.41) is 11.2. The summed E-state index contributed by atoms with van der Waals surface area (Å²) in [5.74, 6) is -1.04. The molecule has 1 N–H and O–H groups in total. The molecule has 6 nitrogen and oxygen atoms in total. The Morgan fingerprint density at radius 1 is 1.17 bits per heavy atom. The molecule has 2 aromatic rings. The number of halogens is 3. The van der Waals surface area contributed by atoms with Gasteiger partial charge in [-0.25, -0.2) is 13.5 Å². The van der Waals surface area contributed by atoms with Gasteiger partial charge in [0.25, 0.3) is 0 Å². The first-order valence-corrected chi connectivity index (χ1v) is 7.59. The fraction of sp³-hybridized carbons (Fsp3) is 0.467. The van der Waals surface area contributed by atoms with Gasteiger partial charge in [-0.3, -0.25) is 4.90 Å². The number of nitrogens with zero attached hydrogens (tertiary/aromatic N) is 4. The van der Waals surface area contributed by atoms with Crippen molar-refractivity contribution in [2.75, 3.05) is 44.7 Å². The highest BCUT2D eigenvalue weighted by Gasteiger charge is 2.10. The van der Waals surface area contributed by atoms with Crippen molar-refractivity contribution in [3.05, 3.63) is 41.6 Å². The van der Waals surface area contributed by atoms with E-state index in [4.69, 9.17) is 4.74 Å². The molecular weight excluding hydrogens is 340 g/mol. The van der Waals surface area contributed by atoms with Gasteiger partial charge in [-0.2, -0.15) is 0 Å². The standard InChI is InChI=1S/C15H19F2N5O.ClH/c16-13-2-1-12(9-14(13)17)10-22-11-15(19-20-22)18-3-4-21-5-7-23-8-6-21;/h1-2,9,11,18H,3-8,10H2;1H. The maximum atomic E-state index is 13.2. The topological polar surface area (TPSA) is 55.2 Å². The Hall–Kier alpha value is -1.77. The monoisotopic (exact) mass is 359 g/mol. The van der Waals surface area contributed by atoms with Crippen molar-refractivity contribution in [2.45, 2.75) is 6.54 Å². The Morgan fingerprint density at radius 2 is 1.96 bits per heavy atom. The van der Waals surface area contributed by atoms with Crippen molar-refractivity contribution in [2.24, 2.45) is 0 Å². The average Bonchev–Trinajstić information content (AvgIpc) is 2.99. The lowest BCUT2D eigenvalue weighted by molar-refractivity contribution is 0.0398. The lowest BCUT2D eigenvalue weighted by atomic mass is 10.2. The van der Waals surface area contributed by atoms with Gasteiger partial charge in [-0.1, -0.05) is 11.3 Å². The summed E-state index contributed by atoms with van der Waals surface area (Å²) in [6.45, 7) is 5.49. The summed E-state index contributed by atoms with van der Waals surface area (Å²) in [5.41, 5.74) is 0.633. The molecule has 2 heterocycles. The molecule has 0 unspecified atom stereocenters. The van der Waals surface area contributed by atoms with Gasteiger partial charge in [0.15, 0.2) is 17.5 Å². The van der Waals surface area contributed by atoms with Gasteiger partial charge in [0.2, 0.25) is 0 Å². The highest BCUT2D eigenvalue weighted by molar-refractivity contribution is 5.85. The summed E-state index contributed by atoms with van der Waals surface area (Å²) in [6.07, 6.45) is 1.75. The van der Waals surface area contributed by atoms with E-state index in [0.717, 1.165) is 45.5 Å². The van der Waals surface area contributed by atoms with Gasteiger partial charge >= 0.3 is 0 Å². The summed E-state index contributed by atoms with van der Waals surface area (Å²) in [6, 6.07) is 3.82. The third kappa shape index (κ3) is 5.12. The highest BCUT2D eigenvalue weighted by Crippen LogP contribution is 2.10. The van der Waals surface area contributed by atoms with E-state index in [-0.39, 0.29) is 12.4 Å². The number of hydrogen-bond donors (Lipinski definition) is 1. The minimum Gasteiger partial charge on any atom is -0.379 e. The van der Waals surface area contributed by atoms with Crippen LogP contribution in [-0.2, 0) is 11.3 Å². The van der Waals surface area contributed by atoms with E-state index in [1.807, 2.05) is 0 Å². The predicted octanol–water partition coefficient (Wildman–Crippen LogP) is 1.77. The molecule has 0 radical (unpaired) electrons. The Bertz CT molecular complexity index is 649. The SMILES string of the molecule is Cl.Fc1ccc(Cn2cc(NCCN3CCOCC3)nn2)cc1F. The van der Waals surface area contributed by atoms with Crippen LogP contribution in [-0.4, -0.2) is 59.3 Å². The van der Waals surface area contributed by atoms with E-state index >= 15 is 0 Å². The van der Waals surface area contributed by atoms with Crippen LogP contribution in [0.4, 0.5) is 14.6 Å². The first-order valence-electron chi connectivity index (χ1n) is 7.59. The van der Waals surface area contributed by atoms with Crippen molar-refractivity contribution in [3.63, 3.8) is 0 Å². The smallest absolute Gasteiger partial charge is 0.168 e. The maximum Gasteiger partial charge on any atom is 0.168 e. The van der Waals surface area contributed by atoms with E-state index in [0.29, 0.717) is 17.9 Å². The van der Waals surface area contributed by atoms with Crippen LogP contribution in [0, 0.1) is 11.6 Å². The number of rotatable bonds is 6. The molecule has 1 aromatic carbocycles. The van der Waals surface area contributed by atoms with Crippen LogP contribution >= 0.6 is 12.4 Å². The molecule has 0 aliphatic carbocycles. The lowest BCUT2D eigenvalue weighted by Gasteiger charge is -2.26. The van der Waals surface area contributed by atoms with E-state index in [2.05, 4.69) is 20.5 Å². The number of benzene rings is 1. The number of hydrogen-bond acceptors (Lipinski definition) is 5. The summed E-state index contributed by atoms with van der Waals surface area (Å²) < 4.78 is 33.0. The van der Waals surface area contributed by atoms with E-state index in [9.17, 15) is 8.78 Å². The second-order valence-electron chi connectivity index (χ2n) is 5.43. The largest absolute Gasteiger partial charge is 0.379 e. The molecule has 0 amide bonds. The van der Waals surface area contributed by atoms with Crippen LogP contribution in [0.1, 0.15) is 5.56 Å². The van der Waals surface area contributed by atoms with Crippen molar-refractivity contribution in [1.29, 1.82) is 0 Å². The second kappa shape index (κ2) is 8.91. The van der Waals surface area contributed by atoms with Crippen LogP contribution in [0.25, 0.3) is 0 Å². The Balaban J connectivity index is 0.00000208. The molecule has 1 saturated heterocycles. The average molecular weight is 360 g/mol. The fourth-order valence-corrected chi connectivity index (χ4v) is 2.45. The van der Waals surface area contributed by atoms with Gasteiger partial charge in [-0.05, 0) is 17.7 Å². The van der Waals surface area contributed by atoms with Crippen molar-refractivity contribution in [1.82, 2.24) is 19.9 Å². The quantitative estimate of drug-likeness (QED) is 0.852. The molecule has 0 saturated carbocycles. The van der Waals surface area contributed by atoms with Crippen molar-refractivity contribution >= 4 is 18.2 Å². The van der Waals surface area contributed by atoms with Gasteiger partial charge in [0.05, 0.1) is 26.0 Å². The zero-order valence-electron chi connectivity index (χ0n) is 13.1. The minimum atomic E-state index is -0.855. The number of nitrogens with one attached hydrogen (secondary N) is 1. The van der Waals surface area contributed by atoms with E-state index < -0.39 is 11.6 Å². The zero-order chi connectivity index (χ0) is 16.1. The second-order valence-corrected chi connectivity index (χ2v) is 5.43. The Kier molecular flexibility index (Phi) is 6.89. The van der Waals surface area contributed by atoms with E-state index in [1.54, 1.807) is 10.9 Å². The fourth-order valence-electron chi connectivity index (χ4n) is 2.45. The third-order valence-corrected chi connectivity index (χ3v) is 3.71. The van der Waals surface area contributed by atoms with E-state index in [1.165, 1.54) is 12.1 Å². The van der Waals surface area contributed by atoms with Crippen LogP contribution in [0.15, 0.2) is 24.4 Å². The van der Waals surface area contributed by atoms with Crippen LogP contribution in [0.2, 0.25) is 0 Å². The number of aromatic nitrogens is 3.